The van der Waals surface area contributed by atoms with Gasteiger partial charge in [0.15, 0.2) is 0 Å². The van der Waals surface area contributed by atoms with Crippen LogP contribution in [0, 0.1) is 5.92 Å². The molecule has 0 atom stereocenters. The molecule has 1 heterocycles. The van der Waals surface area contributed by atoms with Crippen molar-refractivity contribution in [2.24, 2.45) is 5.92 Å². The monoisotopic (exact) mass is 480 g/mol. The third-order valence-corrected chi connectivity index (χ3v) is 7.90. The first-order chi connectivity index (χ1) is 16.0. The molecular weight excluding hydrogens is 452 g/mol. The number of rotatable bonds is 11. The van der Waals surface area contributed by atoms with Crippen molar-refractivity contribution >= 4 is 33.3 Å². The van der Waals surface area contributed by atoms with E-state index in [1.807, 2.05) is 78.2 Å². The summed E-state index contributed by atoms with van der Waals surface area (Å²) < 4.78 is 27.7. The Morgan fingerprint density at radius 1 is 0.939 bits per heavy atom. The van der Waals surface area contributed by atoms with Gasteiger partial charge < -0.3 is 4.90 Å². The Labute approximate surface area is 200 Å². The predicted molar refractivity (Wildman–Crippen MR) is 134 cm³/mol. The number of carbonyl (C=O) groups is 1. The lowest BCUT2D eigenvalue weighted by Crippen LogP contribution is -2.42. The Kier molecular flexibility index (Phi) is 7.75. The Balaban J connectivity index is 1.52. The van der Waals surface area contributed by atoms with Crippen molar-refractivity contribution in [3.63, 3.8) is 0 Å². The molecule has 1 aliphatic carbocycles. The molecule has 1 aliphatic rings. The van der Waals surface area contributed by atoms with E-state index in [1.54, 1.807) is 22.3 Å². The highest BCUT2D eigenvalue weighted by Crippen LogP contribution is 2.31. The number of thiophene rings is 1. The lowest BCUT2D eigenvalue weighted by atomic mass is 10.2. The van der Waals surface area contributed by atoms with E-state index in [4.69, 9.17) is 0 Å². The molecule has 0 bridgehead atoms. The van der Waals surface area contributed by atoms with Gasteiger partial charge in [0.05, 0.1) is 13.1 Å². The van der Waals surface area contributed by atoms with Crippen LogP contribution in [-0.2, 0) is 27.9 Å². The molecule has 4 rings (SSSR count). The number of hydrogen-bond donors (Lipinski definition) is 0. The van der Waals surface area contributed by atoms with Gasteiger partial charge in [-0.05, 0) is 47.4 Å². The molecule has 2 aromatic carbocycles. The summed E-state index contributed by atoms with van der Waals surface area (Å²) >= 11 is 1.59. The van der Waals surface area contributed by atoms with Crippen LogP contribution in [0.2, 0.25) is 0 Å². The average Bonchev–Trinajstić information content (AvgIpc) is 3.50. The third-order valence-electron chi connectivity index (χ3n) is 5.56. The molecule has 33 heavy (non-hydrogen) atoms. The number of hydrogen-bond acceptors (Lipinski definition) is 4. The Hall–Kier alpha value is -2.74. The van der Waals surface area contributed by atoms with Gasteiger partial charge in [-0.2, -0.15) is 4.31 Å². The highest BCUT2D eigenvalue weighted by atomic mass is 32.2. The number of nitrogens with zero attached hydrogens (tertiary/aromatic N) is 2. The fourth-order valence-corrected chi connectivity index (χ4v) is 5.47. The Bertz CT molecular complexity index is 1160. The number of amides is 1. The van der Waals surface area contributed by atoms with Crippen molar-refractivity contribution in [2.45, 2.75) is 25.9 Å². The topological polar surface area (TPSA) is 57.7 Å². The molecule has 0 aliphatic heterocycles. The summed E-state index contributed by atoms with van der Waals surface area (Å²) in [4.78, 5) is 16.2. The summed E-state index contributed by atoms with van der Waals surface area (Å²) in [7, 11) is -3.73. The maximum atomic E-state index is 13.4. The third kappa shape index (κ3) is 7.12. The van der Waals surface area contributed by atoms with Crippen molar-refractivity contribution in [3.8, 4) is 0 Å². The van der Waals surface area contributed by atoms with E-state index in [2.05, 4.69) is 0 Å². The average molecular weight is 481 g/mol. The standard InChI is InChI=1S/C26H28N2O3S2/c29-26(27(20-25-12-7-16-32-25)18-23-10-5-2-6-11-23)21-28(19-24-13-14-24)33(30,31)17-15-22-8-3-1-4-9-22/h1-12,15-17,24H,13-14,18-21H2/b17-15+. The van der Waals surface area contributed by atoms with Crippen LogP contribution in [0.25, 0.3) is 6.08 Å². The molecule has 0 unspecified atom stereocenters. The molecule has 1 fully saturated rings. The lowest BCUT2D eigenvalue weighted by Gasteiger charge is -2.26. The van der Waals surface area contributed by atoms with Gasteiger partial charge in [0, 0.05) is 23.4 Å². The lowest BCUT2D eigenvalue weighted by molar-refractivity contribution is -0.132. The second-order valence-electron chi connectivity index (χ2n) is 8.31. The van der Waals surface area contributed by atoms with E-state index >= 15 is 0 Å². The van der Waals surface area contributed by atoms with Crippen LogP contribution in [0.5, 0.6) is 0 Å². The fraction of sp³-hybridized carbons (Fsp3) is 0.269. The van der Waals surface area contributed by atoms with Crippen LogP contribution in [0.1, 0.15) is 28.8 Å². The van der Waals surface area contributed by atoms with Crippen molar-refractivity contribution in [1.29, 1.82) is 0 Å². The highest BCUT2D eigenvalue weighted by Gasteiger charge is 2.32. The summed E-state index contributed by atoms with van der Waals surface area (Å²) in [5.74, 6) is 0.141. The van der Waals surface area contributed by atoms with E-state index < -0.39 is 10.0 Å². The smallest absolute Gasteiger partial charge is 0.238 e. The summed E-state index contributed by atoms with van der Waals surface area (Å²) in [5, 5.41) is 3.21. The minimum absolute atomic E-state index is 0.157. The largest absolute Gasteiger partial charge is 0.332 e. The van der Waals surface area contributed by atoms with Gasteiger partial charge in [-0.3, -0.25) is 4.79 Å². The van der Waals surface area contributed by atoms with Crippen molar-refractivity contribution in [1.82, 2.24) is 9.21 Å². The SMILES string of the molecule is O=C(CN(CC1CC1)S(=O)(=O)/C=C/c1ccccc1)N(Cc1ccccc1)Cc1cccs1. The molecule has 5 nitrogen and oxygen atoms in total. The summed E-state index contributed by atoms with van der Waals surface area (Å²) in [6, 6.07) is 23.1. The predicted octanol–water partition coefficient (Wildman–Crippen LogP) is 4.99. The zero-order chi connectivity index (χ0) is 23.1. The quantitative estimate of drug-likeness (QED) is 0.389. The van der Waals surface area contributed by atoms with Gasteiger partial charge in [0.25, 0.3) is 0 Å². The number of benzene rings is 2. The molecule has 1 aromatic heterocycles. The normalized spacial score (nSPS) is 14.1. The molecule has 0 radical (unpaired) electrons. The minimum Gasteiger partial charge on any atom is -0.332 e. The van der Waals surface area contributed by atoms with Crippen LogP contribution >= 0.6 is 11.3 Å². The summed E-state index contributed by atoms with van der Waals surface area (Å²) in [6.07, 6.45) is 3.60. The second-order valence-corrected chi connectivity index (χ2v) is 11.2. The number of sulfonamides is 1. The van der Waals surface area contributed by atoms with Crippen LogP contribution in [0.4, 0.5) is 0 Å². The zero-order valence-electron chi connectivity index (χ0n) is 18.4. The van der Waals surface area contributed by atoms with E-state index in [-0.39, 0.29) is 12.5 Å². The van der Waals surface area contributed by atoms with Crippen LogP contribution in [0.3, 0.4) is 0 Å². The Morgan fingerprint density at radius 2 is 1.64 bits per heavy atom. The first-order valence-corrected chi connectivity index (χ1v) is 13.5. The molecule has 3 aromatic rings. The highest BCUT2D eigenvalue weighted by molar-refractivity contribution is 7.92. The van der Waals surface area contributed by atoms with Gasteiger partial charge in [0.1, 0.15) is 0 Å². The molecule has 0 N–H and O–H groups in total. The van der Waals surface area contributed by atoms with Crippen LogP contribution in [-0.4, -0.2) is 36.6 Å². The summed E-state index contributed by atoms with van der Waals surface area (Å²) in [5.41, 5.74) is 1.82. The number of carbonyl (C=O) groups excluding carboxylic acids is 1. The first-order valence-electron chi connectivity index (χ1n) is 11.1. The van der Waals surface area contributed by atoms with Crippen molar-refractivity contribution < 1.29 is 13.2 Å². The molecule has 1 saturated carbocycles. The van der Waals surface area contributed by atoms with Gasteiger partial charge in [-0.15, -0.1) is 11.3 Å². The van der Waals surface area contributed by atoms with E-state index in [0.29, 0.717) is 25.6 Å². The van der Waals surface area contributed by atoms with E-state index in [1.165, 1.54) is 9.71 Å². The second kappa shape index (κ2) is 10.9. The minimum atomic E-state index is -3.73. The van der Waals surface area contributed by atoms with Crippen molar-refractivity contribution in [3.05, 3.63) is 99.6 Å². The maximum Gasteiger partial charge on any atom is 0.238 e. The molecule has 0 saturated heterocycles. The van der Waals surface area contributed by atoms with Gasteiger partial charge in [0.2, 0.25) is 15.9 Å². The van der Waals surface area contributed by atoms with E-state index in [0.717, 1.165) is 28.8 Å². The van der Waals surface area contributed by atoms with Gasteiger partial charge >= 0.3 is 0 Å². The summed E-state index contributed by atoms with van der Waals surface area (Å²) in [6.45, 7) is 1.12. The molecule has 7 heteroatoms. The molecule has 0 spiro atoms. The Morgan fingerprint density at radius 3 is 2.27 bits per heavy atom. The maximum absolute atomic E-state index is 13.4. The fourth-order valence-electron chi connectivity index (χ4n) is 3.54. The van der Waals surface area contributed by atoms with Crippen molar-refractivity contribution in [2.75, 3.05) is 13.1 Å². The van der Waals surface area contributed by atoms with Gasteiger partial charge in [-0.1, -0.05) is 66.7 Å². The van der Waals surface area contributed by atoms with Crippen LogP contribution < -0.4 is 0 Å². The van der Waals surface area contributed by atoms with Gasteiger partial charge in [-0.25, -0.2) is 8.42 Å². The molecular formula is C26H28N2O3S2. The zero-order valence-corrected chi connectivity index (χ0v) is 20.0. The molecule has 1 amide bonds. The van der Waals surface area contributed by atoms with E-state index in [9.17, 15) is 13.2 Å². The molecule has 172 valence electrons. The van der Waals surface area contributed by atoms with Crippen LogP contribution in [0.15, 0.2) is 83.6 Å². The first kappa shape index (κ1) is 23.4.